The van der Waals surface area contributed by atoms with Crippen molar-refractivity contribution in [2.24, 2.45) is 0 Å². The van der Waals surface area contributed by atoms with E-state index in [-0.39, 0.29) is 16.9 Å². The van der Waals surface area contributed by atoms with Gasteiger partial charge in [-0.1, -0.05) is 11.6 Å². The maximum absolute atomic E-state index is 12.6. The molecule has 5 nitrogen and oxygen atoms in total. The number of halogens is 4. The fourth-order valence-electron chi connectivity index (χ4n) is 2.39. The highest BCUT2D eigenvalue weighted by molar-refractivity contribution is 7.88. The molecule has 1 fully saturated rings. The smallest absolute Gasteiger partial charge is 0.354 e. The lowest BCUT2D eigenvalue weighted by atomic mass is 10.1. The van der Waals surface area contributed by atoms with Crippen molar-refractivity contribution >= 4 is 27.4 Å². The molecule has 10 heteroatoms. The third-order valence-corrected chi connectivity index (χ3v) is 4.29. The van der Waals surface area contributed by atoms with Crippen molar-refractivity contribution in [2.75, 3.05) is 24.2 Å². The first-order valence-corrected chi connectivity index (χ1v) is 8.78. The average molecular weight is 358 g/mol. The van der Waals surface area contributed by atoms with E-state index in [0.29, 0.717) is 25.9 Å². The van der Waals surface area contributed by atoms with Gasteiger partial charge in [0.25, 0.3) is 0 Å². The van der Waals surface area contributed by atoms with Crippen LogP contribution in [0.2, 0.25) is 5.02 Å². The molecule has 22 heavy (non-hydrogen) atoms. The summed E-state index contributed by atoms with van der Waals surface area (Å²) in [5.41, 5.74) is -0.913. The van der Waals surface area contributed by atoms with Crippen molar-refractivity contribution < 1.29 is 21.6 Å². The summed E-state index contributed by atoms with van der Waals surface area (Å²) in [6, 6.07) is 0.515. The summed E-state index contributed by atoms with van der Waals surface area (Å²) in [5, 5.41) is -0.102. The molecule has 1 aliphatic rings. The molecule has 0 radical (unpaired) electrons. The normalized spacial score (nSPS) is 20.2. The second-order valence-electron chi connectivity index (χ2n) is 5.20. The Bertz CT molecular complexity index is 652. The Balaban J connectivity index is 2.17. The number of anilines is 1. The van der Waals surface area contributed by atoms with Crippen LogP contribution in [0.3, 0.4) is 0 Å². The Kier molecular flexibility index (Phi) is 4.88. The van der Waals surface area contributed by atoms with Gasteiger partial charge in [-0.25, -0.2) is 18.1 Å². The molecule has 2 rings (SSSR count). The highest BCUT2D eigenvalue weighted by Crippen LogP contribution is 2.34. The van der Waals surface area contributed by atoms with Gasteiger partial charge in [0.15, 0.2) is 0 Å². The monoisotopic (exact) mass is 357 g/mol. The second-order valence-corrected chi connectivity index (χ2v) is 7.39. The molecule has 1 aliphatic heterocycles. The van der Waals surface area contributed by atoms with E-state index in [1.165, 1.54) is 0 Å². The topological polar surface area (TPSA) is 62.3 Å². The van der Waals surface area contributed by atoms with Crippen LogP contribution in [0, 0.1) is 0 Å². The molecule has 1 atom stereocenters. The lowest BCUT2D eigenvalue weighted by molar-refractivity contribution is -0.137. The summed E-state index contributed by atoms with van der Waals surface area (Å²) in [6.45, 7) is 0.866. The number of rotatable bonds is 3. The van der Waals surface area contributed by atoms with Gasteiger partial charge in [0.2, 0.25) is 10.0 Å². The third-order valence-electron chi connectivity index (χ3n) is 3.25. The van der Waals surface area contributed by atoms with E-state index in [0.717, 1.165) is 18.5 Å². The zero-order valence-corrected chi connectivity index (χ0v) is 13.3. The van der Waals surface area contributed by atoms with Gasteiger partial charge in [-0.3, -0.25) is 0 Å². The van der Waals surface area contributed by atoms with Gasteiger partial charge in [0, 0.05) is 25.3 Å². The molecule has 1 saturated heterocycles. The zero-order valence-electron chi connectivity index (χ0n) is 11.7. The Hall–Kier alpha value is -1.06. The van der Waals surface area contributed by atoms with E-state index < -0.39 is 21.8 Å². The Morgan fingerprint density at radius 2 is 2.14 bits per heavy atom. The van der Waals surface area contributed by atoms with Crippen molar-refractivity contribution in [3.05, 3.63) is 22.8 Å². The fraction of sp³-hybridized carbons (Fsp3) is 0.583. The van der Waals surface area contributed by atoms with Gasteiger partial charge in [0.1, 0.15) is 5.82 Å². The third kappa shape index (κ3) is 4.47. The van der Waals surface area contributed by atoms with Crippen molar-refractivity contribution in [2.45, 2.75) is 25.1 Å². The molecule has 0 bridgehead atoms. The van der Waals surface area contributed by atoms with Gasteiger partial charge >= 0.3 is 6.18 Å². The lowest BCUT2D eigenvalue weighted by Crippen LogP contribution is -2.47. The first-order valence-electron chi connectivity index (χ1n) is 6.51. The van der Waals surface area contributed by atoms with Crippen LogP contribution in [-0.2, 0) is 16.2 Å². The van der Waals surface area contributed by atoms with Crippen molar-refractivity contribution in [1.82, 2.24) is 9.71 Å². The van der Waals surface area contributed by atoms with Crippen LogP contribution < -0.4 is 9.62 Å². The largest absolute Gasteiger partial charge is 0.417 e. The first-order chi connectivity index (χ1) is 10.1. The molecule has 0 aromatic carbocycles. The predicted molar refractivity (Wildman–Crippen MR) is 77.5 cm³/mol. The van der Waals surface area contributed by atoms with Crippen LogP contribution in [-0.4, -0.2) is 38.8 Å². The maximum atomic E-state index is 12.6. The number of piperidine rings is 1. The van der Waals surface area contributed by atoms with Gasteiger partial charge < -0.3 is 4.90 Å². The van der Waals surface area contributed by atoms with Crippen molar-refractivity contribution in [3.8, 4) is 0 Å². The van der Waals surface area contributed by atoms with E-state index in [1.807, 2.05) is 0 Å². The van der Waals surface area contributed by atoms with Crippen molar-refractivity contribution in [3.63, 3.8) is 0 Å². The van der Waals surface area contributed by atoms with Crippen LogP contribution in [0.5, 0.6) is 0 Å². The van der Waals surface area contributed by atoms with Gasteiger partial charge in [-0.05, 0) is 18.9 Å². The summed E-state index contributed by atoms with van der Waals surface area (Å²) in [4.78, 5) is 5.49. The molecule has 0 spiro atoms. The van der Waals surface area contributed by atoms with Gasteiger partial charge in [0.05, 0.1) is 16.8 Å². The number of hydrogen-bond donors (Lipinski definition) is 1. The SMILES string of the molecule is CS(=O)(=O)NC1CCCN(c2ncc(C(F)(F)F)cc2Cl)C1. The number of aromatic nitrogens is 1. The van der Waals surface area contributed by atoms with Crippen LogP contribution >= 0.6 is 11.6 Å². The lowest BCUT2D eigenvalue weighted by Gasteiger charge is -2.34. The van der Waals surface area contributed by atoms with Crippen LogP contribution in [0.4, 0.5) is 19.0 Å². The summed E-state index contributed by atoms with van der Waals surface area (Å²) in [6.07, 6.45) is -1.37. The Morgan fingerprint density at radius 1 is 1.45 bits per heavy atom. The number of pyridine rings is 1. The Morgan fingerprint density at radius 3 is 2.68 bits per heavy atom. The first kappa shape index (κ1) is 17.3. The molecule has 0 aliphatic carbocycles. The average Bonchev–Trinajstić information content (AvgIpc) is 2.35. The van der Waals surface area contributed by atoms with Crippen molar-refractivity contribution in [1.29, 1.82) is 0 Å². The molecule has 1 unspecified atom stereocenters. The molecule has 2 heterocycles. The van der Waals surface area contributed by atoms with E-state index in [9.17, 15) is 21.6 Å². The summed E-state index contributed by atoms with van der Waals surface area (Å²) >= 11 is 5.91. The minimum Gasteiger partial charge on any atom is -0.354 e. The molecule has 124 valence electrons. The molecule has 0 amide bonds. The number of nitrogens with zero attached hydrogens (tertiary/aromatic N) is 2. The quantitative estimate of drug-likeness (QED) is 0.901. The number of sulfonamides is 1. The van der Waals surface area contributed by atoms with E-state index in [1.54, 1.807) is 4.90 Å². The fourth-order valence-corrected chi connectivity index (χ4v) is 3.47. The standard InChI is InChI=1S/C12H15ClF3N3O2S/c1-22(20,21)18-9-3-2-4-19(7-9)11-10(13)5-8(6-17-11)12(14,15)16/h5-6,9,18H,2-4,7H2,1H3. The predicted octanol–water partition coefficient (Wildman–Crippen LogP) is 2.27. The maximum Gasteiger partial charge on any atom is 0.417 e. The number of alkyl halides is 3. The minimum atomic E-state index is -4.50. The molecular weight excluding hydrogens is 343 g/mol. The zero-order chi connectivity index (χ0) is 16.5. The van der Waals surface area contributed by atoms with E-state index in [2.05, 4.69) is 9.71 Å². The van der Waals surface area contributed by atoms with Crippen LogP contribution in [0.1, 0.15) is 18.4 Å². The van der Waals surface area contributed by atoms with Crippen LogP contribution in [0.25, 0.3) is 0 Å². The van der Waals surface area contributed by atoms with E-state index >= 15 is 0 Å². The molecule has 1 aromatic heterocycles. The minimum absolute atomic E-state index is 0.102. The molecule has 0 saturated carbocycles. The Labute approximate surface area is 131 Å². The summed E-state index contributed by atoms with van der Waals surface area (Å²) in [5.74, 6) is 0.231. The molecular formula is C12H15ClF3N3O2S. The van der Waals surface area contributed by atoms with Gasteiger partial charge in [-0.2, -0.15) is 13.2 Å². The summed E-state index contributed by atoms with van der Waals surface area (Å²) < 4.78 is 62.8. The molecule has 1 aromatic rings. The number of nitrogens with one attached hydrogen (secondary N) is 1. The highest BCUT2D eigenvalue weighted by Gasteiger charge is 2.32. The second kappa shape index (κ2) is 6.21. The highest BCUT2D eigenvalue weighted by atomic mass is 35.5. The van der Waals surface area contributed by atoms with Gasteiger partial charge in [-0.15, -0.1) is 0 Å². The number of hydrogen-bond acceptors (Lipinski definition) is 4. The summed E-state index contributed by atoms with van der Waals surface area (Å²) in [7, 11) is -3.34. The van der Waals surface area contributed by atoms with Crippen LogP contribution in [0.15, 0.2) is 12.3 Å². The van der Waals surface area contributed by atoms with E-state index in [4.69, 9.17) is 11.6 Å². The molecule has 1 N–H and O–H groups in total.